The number of aryl methyl sites for hydroxylation is 1. The zero-order chi connectivity index (χ0) is 24.1. The van der Waals surface area contributed by atoms with Crippen LogP contribution >= 0.6 is 0 Å². The van der Waals surface area contributed by atoms with Crippen molar-refractivity contribution in [3.8, 4) is 11.4 Å². The van der Waals surface area contributed by atoms with Crippen LogP contribution in [0.4, 0.5) is 5.95 Å². The van der Waals surface area contributed by atoms with Crippen molar-refractivity contribution in [1.29, 1.82) is 0 Å². The molecular weight excluding hydrogens is 450 g/mol. The molecule has 4 rings (SSSR count). The van der Waals surface area contributed by atoms with Crippen LogP contribution in [0, 0.1) is 6.92 Å². The molecule has 0 spiro atoms. The van der Waals surface area contributed by atoms with Crippen LogP contribution < -0.4 is 10.0 Å². The van der Waals surface area contributed by atoms with Gasteiger partial charge in [-0.1, -0.05) is 0 Å². The number of hydrogen-bond acceptors (Lipinski definition) is 7. The number of hydrogen-bond donors (Lipinski definition) is 2. The predicted molar refractivity (Wildman–Crippen MR) is 135 cm³/mol. The van der Waals surface area contributed by atoms with Crippen LogP contribution in [0.2, 0.25) is 0 Å². The normalized spacial score (nSPS) is 21.9. The third-order valence-electron chi connectivity index (χ3n) is 6.91. The fourth-order valence-electron chi connectivity index (χ4n) is 5.20. The Labute approximate surface area is 203 Å². The van der Waals surface area contributed by atoms with Crippen LogP contribution in [0.25, 0.3) is 11.4 Å². The summed E-state index contributed by atoms with van der Waals surface area (Å²) in [5.74, 6) is 1.79. The van der Waals surface area contributed by atoms with Gasteiger partial charge >= 0.3 is 0 Å². The molecule has 2 fully saturated rings. The molecule has 0 amide bonds. The summed E-state index contributed by atoms with van der Waals surface area (Å²) in [6, 6.07) is 2.46. The van der Waals surface area contributed by atoms with Crippen molar-refractivity contribution in [1.82, 2.24) is 29.1 Å². The van der Waals surface area contributed by atoms with E-state index in [1.165, 1.54) is 12.8 Å². The fraction of sp³-hybridized carbons (Fsp3) is 0.708. The molecule has 2 aromatic rings. The van der Waals surface area contributed by atoms with Gasteiger partial charge in [-0.05, 0) is 91.4 Å². The maximum absolute atomic E-state index is 12.5. The molecule has 1 saturated heterocycles. The number of likely N-dealkylation sites (tertiary alicyclic amines) is 1. The van der Waals surface area contributed by atoms with Crippen molar-refractivity contribution < 1.29 is 8.42 Å². The molecular formula is C24H39N7O2S. The zero-order valence-electron chi connectivity index (χ0n) is 20.7. The van der Waals surface area contributed by atoms with Crippen molar-refractivity contribution in [2.75, 3.05) is 30.7 Å². The number of aromatic nitrogens is 4. The van der Waals surface area contributed by atoms with Gasteiger partial charge in [-0.25, -0.2) is 28.1 Å². The number of nitrogens with one attached hydrogen (secondary N) is 2. The van der Waals surface area contributed by atoms with E-state index in [9.17, 15) is 8.42 Å². The van der Waals surface area contributed by atoms with Crippen LogP contribution in [0.15, 0.2) is 18.5 Å². The summed E-state index contributed by atoms with van der Waals surface area (Å²) in [6.45, 7) is 9.38. The third-order valence-corrected chi connectivity index (χ3v) is 8.43. The number of rotatable bonds is 10. The van der Waals surface area contributed by atoms with Crippen molar-refractivity contribution in [2.45, 2.75) is 83.8 Å². The molecule has 1 aliphatic carbocycles. The van der Waals surface area contributed by atoms with Crippen LogP contribution in [-0.4, -0.2) is 70.3 Å². The van der Waals surface area contributed by atoms with Crippen LogP contribution in [0.1, 0.15) is 70.7 Å². The Balaban J connectivity index is 1.26. The van der Waals surface area contributed by atoms with E-state index >= 15 is 0 Å². The van der Waals surface area contributed by atoms with E-state index in [4.69, 9.17) is 4.98 Å². The smallest absolute Gasteiger partial charge is 0.223 e. The molecule has 0 unspecified atom stereocenters. The van der Waals surface area contributed by atoms with Gasteiger partial charge < -0.3 is 14.8 Å². The Bertz CT molecular complexity index is 1040. The molecule has 3 heterocycles. The molecule has 0 radical (unpaired) electrons. The highest BCUT2D eigenvalue weighted by Gasteiger charge is 2.25. The maximum Gasteiger partial charge on any atom is 0.223 e. The quantitative estimate of drug-likeness (QED) is 0.527. The van der Waals surface area contributed by atoms with Gasteiger partial charge in [-0.3, -0.25) is 0 Å². The van der Waals surface area contributed by atoms with Crippen LogP contribution in [0.3, 0.4) is 0 Å². The second-order valence-electron chi connectivity index (χ2n) is 9.95. The van der Waals surface area contributed by atoms with Gasteiger partial charge in [0.25, 0.3) is 0 Å². The SMILES string of the molecule is Cc1ncc(-c2ccnc(NC3CCC(NS(=O)(=O)CCCN4CCCC4)CC3)n2)n1C(C)C. The second-order valence-corrected chi connectivity index (χ2v) is 11.8. The Hall–Kier alpha value is -2.04. The highest BCUT2D eigenvalue weighted by molar-refractivity contribution is 7.89. The summed E-state index contributed by atoms with van der Waals surface area (Å²) >= 11 is 0. The molecule has 2 aliphatic rings. The highest BCUT2D eigenvalue weighted by Crippen LogP contribution is 2.25. The average Bonchev–Trinajstić information content (AvgIpc) is 3.44. The minimum absolute atomic E-state index is 0.0189. The standard InChI is InChI=1S/C24H39N7O2S/c1-18(2)31-19(3)26-17-23(31)22-11-12-25-24(28-22)27-20-7-9-21(10-8-20)29-34(32,33)16-6-15-30-13-4-5-14-30/h11-12,17-18,20-21,29H,4-10,13-16H2,1-3H3,(H,25,27,28). The monoisotopic (exact) mass is 489 g/mol. The van der Waals surface area contributed by atoms with Gasteiger partial charge in [0.15, 0.2) is 0 Å². The number of sulfonamides is 1. The number of nitrogens with zero attached hydrogens (tertiary/aromatic N) is 5. The largest absolute Gasteiger partial charge is 0.351 e. The van der Waals surface area contributed by atoms with E-state index in [0.717, 1.165) is 62.5 Å². The molecule has 1 saturated carbocycles. The first-order valence-electron chi connectivity index (χ1n) is 12.7. The topological polar surface area (TPSA) is 105 Å². The van der Waals surface area contributed by atoms with Crippen molar-refractivity contribution >= 4 is 16.0 Å². The van der Waals surface area contributed by atoms with E-state index in [-0.39, 0.29) is 17.8 Å². The van der Waals surface area contributed by atoms with Gasteiger partial charge in [-0.2, -0.15) is 0 Å². The summed E-state index contributed by atoms with van der Waals surface area (Å²) in [6.07, 6.45) is 10.2. The van der Waals surface area contributed by atoms with Crippen LogP contribution in [0.5, 0.6) is 0 Å². The molecule has 10 heteroatoms. The van der Waals surface area contributed by atoms with Gasteiger partial charge in [-0.15, -0.1) is 0 Å². The van der Waals surface area contributed by atoms with Gasteiger partial charge in [0, 0.05) is 24.3 Å². The summed E-state index contributed by atoms with van der Waals surface area (Å²) in [7, 11) is -3.22. The maximum atomic E-state index is 12.5. The first kappa shape index (κ1) is 25.1. The fourth-order valence-corrected chi connectivity index (χ4v) is 6.57. The molecule has 0 aromatic carbocycles. The highest BCUT2D eigenvalue weighted by atomic mass is 32.2. The van der Waals surface area contributed by atoms with Crippen LogP contribution in [-0.2, 0) is 10.0 Å². The van der Waals surface area contributed by atoms with Gasteiger partial charge in [0.05, 0.1) is 23.3 Å². The average molecular weight is 490 g/mol. The summed E-state index contributed by atoms with van der Waals surface area (Å²) in [5.41, 5.74) is 1.84. The molecule has 1 aliphatic heterocycles. The molecule has 0 bridgehead atoms. The van der Waals surface area contributed by atoms with E-state index in [1.807, 2.05) is 19.2 Å². The summed E-state index contributed by atoms with van der Waals surface area (Å²) in [5, 5.41) is 3.46. The lowest BCUT2D eigenvalue weighted by Crippen LogP contribution is -2.41. The third kappa shape index (κ3) is 6.55. The van der Waals surface area contributed by atoms with Crippen molar-refractivity contribution in [3.05, 3.63) is 24.3 Å². The Morgan fingerprint density at radius 1 is 1.09 bits per heavy atom. The van der Waals surface area contributed by atoms with Gasteiger partial charge in [0.2, 0.25) is 16.0 Å². The first-order chi connectivity index (χ1) is 16.3. The van der Waals surface area contributed by atoms with E-state index in [0.29, 0.717) is 18.4 Å². The summed E-state index contributed by atoms with van der Waals surface area (Å²) < 4.78 is 30.2. The number of anilines is 1. The van der Waals surface area contributed by atoms with Crippen molar-refractivity contribution in [3.63, 3.8) is 0 Å². The zero-order valence-corrected chi connectivity index (χ0v) is 21.5. The molecule has 0 atom stereocenters. The molecule has 2 aromatic heterocycles. The van der Waals surface area contributed by atoms with Crippen molar-refractivity contribution in [2.24, 2.45) is 0 Å². The number of imidazole rings is 1. The lowest BCUT2D eigenvalue weighted by atomic mass is 9.92. The molecule has 9 nitrogen and oxygen atoms in total. The molecule has 34 heavy (non-hydrogen) atoms. The van der Waals surface area contributed by atoms with E-state index in [2.05, 4.69) is 43.3 Å². The lowest BCUT2D eigenvalue weighted by Gasteiger charge is -2.29. The van der Waals surface area contributed by atoms with Gasteiger partial charge in [0.1, 0.15) is 5.82 Å². The first-order valence-corrected chi connectivity index (χ1v) is 14.3. The Morgan fingerprint density at radius 2 is 1.79 bits per heavy atom. The minimum atomic E-state index is -3.22. The molecule has 188 valence electrons. The lowest BCUT2D eigenvalue weighted by molar-refractivity contribution is 0.339. The Morgan fingerprint density at radius 3 is 2.50 bits per heavy atom. The summed E-state index contributed by atoms with van der Waals surface area (Å²) in [4.78, 5) is 16.0. The predicted octanol–water partition coefficient (Wildman–Crippen LogP) is 3.36. The van der Waals surface area contributed by atoms with E-state index in [1.54, 1.807) is 6.20 Å². The molecule has 2 N–H and O–H groups in total. The Kier molecular flexibility index (Phi) is 8.21. The second kappa shape index (κ2) is 11.1. The van der Waals surface area contributed by atoms with E-state index < -0.39 is 10.0 Å². The minimum Gasteiger partial charge on any atom is -0.351 e.